The largest absolute Gasteiger partial charge is 0.414 e. The van der Waals surface area contributed by atoms with Gasteiger partial charge in [0.1, 0.15) is 24.4 Å². The number of aliphatic hydroxyl groups is 1. The predicted molar refractivity (Wildman–Crippen MR) is 145 cm³/mol. The van der Waals surface area contributed by atoms with Crippen molar-refractivity contribution in [1.29, 1.82) is 0 Å². The van der Waals surface area contributed by atoms with E-state index in [0.29, 0.717) is 0 Å². The summed E-state index contributed by atoms with van der Waals surface area (Å²) in [4.78, 5) is 37.8. The average Bonchev–Trinajstić information content (AvgIpc) is 3.06. The van der Waals surface area contributed by atoms with Crippen LogP contribution in [0.5, 0.6) is 0 Å². The van der Waals surface area contributed by atoms with E-state index in [1.807, 2.05) is 0 Å². The first-order chi connectivity index (χ1) is 17.6. The lowest BCUT2D eigenvalue weighted by molar-refractivity contribution is -0.384. The van der Waals surface area contributed by atoms with Gasteiger partial charge in [0.15, 0.2) is 5.82 Å². The van der Waals surface area contributed by atoms with Crippen molar-refractivity contribution < 1.29 is 32.5 Å². The molecule has 0 spiro atoms. The molecular weight excluding hydrogens is 530 g/mol. The molecule has 0 saturated carbocycles. The lowest BCUT2D eigenvalue weighted by Gasteiger charge is -2.51. The van der Waals surface area contributed by atoms with Gasteiger partial charge >= 0.3 is 22.8 Å². The van der Waals surface area contributed by atoms with Crippen LogP contribution < -0.4 is 10.9 Å². The Morgan fingerprint density at radius 3 is 2.13 bits per heavy atom. The number of anilines is 1. The van der Waals surface area contributed by atoms with Gasteiger partial charge in [-0.3, -0.25) is 19.7 Å². The van der Waals surface area contributed by atoms with Crippen LogP contribution in [0.25, 0.3) is 0 Å². The fraction of sp³-hybridized carbons (Fsp3) is 0.750. The standard InChI is InChI=1S/C24H41N3O9Si2/c1-12(2)37(13(3)4)33-11-19-22(35-38(36-37,14(5)6)15(7)8)20(29)21(34-19)17-10-18(27(31)32)23(25-16(9)28)26-24(17)30/h10,12-15,19-22,29H,11H2,1-9H3,(H2,25,26,28,30)/t19-,20-,21?,22+/m1/s1. The van der Waals surface area contributed by atoms with Crippen molar-refractivity contribution >= 4 is 34.5 Å². The Morgan fingerprint density at radius 2 is 1.66 bits per heavy atom. The summed E-state index contributed by atoms with van der Waals surface area (Å²) in [5, 5.41) is 25.4. The fourth-order valence-electron chi connectivity index (χ4n) is 5.57. The van der Waals surface area contributed by atoms with E-state index in [0.717, 1.165) is 6.07 Å². The highest BCUT2D eigenvalue weighted by Gasteiger charge is 2.61. The molecule has 4 atom stereocenters. The van der Waals surface area contributed by atoms with Crippen molar-refractivity contribution in [1.82, 2.24) is 4.98 Å². The van der Waals surface area contributed by atoms with Crippen LogP contribution in [0.15, 0.2) is 10.9 Å². The van der Waals surface area contributed by atoms with Crippen LogP contribution in [0.1, 0.15) is 74.0 Å². The van der Waals surface area contributed by atoms with Gasteiger partial charge in [0.25, 0.3) is 5.56 Å². The summed E-state index contributed by atoms with van der Waals surface area (Å²) in [6.45, 7) is 17.8. The Balaban J connectivity index is 2.11. The highest BCUT2D eigenvalue weighted by molar-refractivity contribution is 6.84. The molecule has 0 radical (unpaired) electrons. The SMILES string of the molecule is CC(=O)Nc1[nH]c(=O)c(C2O[C@@H]3CO[Si](C(C)C)(C(C)C)O[Si](C(C)C)(C(C)C)O[C@@H]3[C@@H]2O)cc1[N+](=O)[O-]. The minimum Gasteiger partial charge on any atom is -0.414 e. The molecule has 0 bridgehead atoms. The number of fused-ring (bicyclic) bond motifs is 1. The molecule has 2 saturated heterocycles. The number of carbonyl (C=O) groups is 1. The van der Waals surface area contributed by atoms with Gasteiger partial charge in [0, 0.05) is 13.0 Å². The van der Waals surface area contributed by atoms with Gasteiger partial charge in [-0.25, -0.2) is 0 Å². The van der Waals surface area contributed by atoms with Crippen molar-refractivity contribution in [2.75, 3.05) is 11.9 Å². The number of nitrogens with one attached hydrogen (secondary N) is 2. The zero-order valence-electron chi connectivity index (χ0n) is 23.6. The first-order valence-electron chi connectivity index (χ1n) is 13.1. The lowest BCUT2D eigenvalue weighted by Crippen LogP contribution is -2.65. The number of hydrogen-bond acceptors (Lipinski definition) is 9. The van der Waals surface area contributed by atoms with Crippen molar-refractivity contribution in [2.24, 2.45) is 0 Å². The van der Waals surface area contributed by atoms with Gasteiger partial charge in [-0.1, -0.05) is 55.4 Å². The maximum Gasteiger partial charge on any atom is 0.335 e. The van der Waals surface area contributed by atoms with Gasteiger partial charge in [0.2, 0.25) is 5.91 Å². The minimum atomic E-state index is -3.05. The van der Waals surface area contributed by atoms with E-state index in [1.54, 1.807) is 0 Å². The Morgan fingerprint density at radius 1 is 1.11 bits per heavy atom. The van der Waals surface area contributed by atoms with Crippen molar-refractivity contribution in [3.63, 3.8) is 0 Å². The number of H-pyrrole nitrogens is 1. The van der Waals surface area contributed by atoms with Gasteiger partial charge in [-0.05, 0) is 22.2 Å². The molecule has 2 aliphatic heterocycles. The number of aromatic amines is 1. The number of nitro groups is 1. The lowest BCUT2D eigenvalue weighted by atomic mass is 10.0. The summed E-state index contributed by atoms with van der Waals surface area (Å²) in [6, 6.07) is 1.03. The molecule has 1 aromatic heterocycles. The van der Waals surface area contributed by atoms with E-state index in [9.17, 15) is 24.8 Å². The number of carbonyl (C=O) groups excluding carboxylic acids is 1. The molecule has 1 aromatic rings. The molecule has 3 rings (SSSR count). The Bertz CT molecular complexity index is 1090. The van der Waals surface area contributed by atoms with Crippen LogP contribution in [-0.2, 0) is 22.5 Å². The van der Waals surface area contributed by atoms with Gasteiger partial charge in [0.05, 0.1) is 17.1 Å². The maximum atomic E-state index is 13.0. The molecule has 0 aromatic carbocycles. The number of amides is 1. The molecule has 38 heavy (non-hydrogen) atoms. The molecular formula is C24H41N3O9Si2. The quantitative estimate of drug-likeness (QED) is 0.249. The van der Waals surface area contributed by atoms with Crippen molar-refractivity contribution in [2.45, 2.75) is 109 Å². The van der Waals surface area contributed by atoms with Crippen LogP contribution in [0.3, 0.4) is 0 Å². The number of aromatic nitrogens is 1. The predicted octanol–water partition coefficient (Wildman–Crippen LogP) is 4.00. The average molecular weight is 572 g/mol. The van der Waals surface area contributed by atoms with Gasteiger partial charge < -0.3 is 33.1 Å². The third-order valence-electron chi connectivity index (χ3n) is 7.52. The van der Waals surface area contributed by atoms with E-state index >= 15 is 0 Å². The molecule has 14 heteroatoms. The monoisotopic (exact) mass is 571 g/mol. The topological polar surface area (TPSA) is 162 Å². The zero-order chi connectivity index (χ0) is 28.7. The smallest absolute Gasteiger partial charge is 0.335 e. The Kier molecular flexibility index (Phi) is 9.07. The van der Waals surface area contributed by atoms with E-state index in [-0.39, 0.29) is 40.2 Å². The number of rotatable bonds is 7. The fourth-order valence-corrected chi connectivity index (χ4v) is 16.8. The van der Waals surface area contributed by atoms with Crippen molar-refractivity contribution in [3.8, 4) is 0 Å². The first kappa shape index (κ1) is 30.6. The zero-order valence-corrected chi connectivity index (χ0v) is 25.6. The Labute approximate surface area is 225 Å². The van der Waals surface area contributed by atoms with Crippen LogP contribution in [0.4, 0.5) is 11.5 Å². The van der Waals surface area contributed by atoms with Crippen molar-refractivity contribution in [3.05, 3.63) is 32.1 Å². The third kappa shape index (κ3) is 5.39. The van der Waals surface area contributed by atoms with Crippen LogP contribution >= 0.6 is 0 Å². The van der Waals surface area contributed by atoms with E-state index < -0.39 is 63.6 Å². The second-order valence-electron chi connectivity index (χ2n) is 11.4. The number of hydrogen-bond donors (Lipinski definition) is 3. The second-order valence-corrected chi connectivity index (χ2v) is 20.2. The van der Waals surface area contributed by atoms with Gasteiger partial charge in [-0.2, -0.15) is 0 Å². The Hall–Kier alpha value is -1.95. The number of aliphatic hydroxyl groups excluding tert-OH is 1. The molecule has 0 aliphatic carbocycles. The summed E-state index contributed by atoms with van der Waals surface area (Å²) < 4.78 is 26.8. The number of nitrogens with zero attached hydrogens (tertiary/aromatic N) is 1. The molecule has 12 nitrogen and oxygen atoms in total. The normalized spacial score (nSPS) is 26.9. The summed E-state index contributed by atoms with van der Waals surface area (Å²) in [5.74, 6) is -0.914. The molecule has 2 fully saturated rings. The molecule has 1 unspecified atom stereocenters. The van der Waals surface area contributed by atoms with E-state index in [4.69, 9.17) is 17.7 Å². The van der Waals surface area contributed by atoms with Gasteiger partial charge in [-0.15, -0.1) is 0 Å². The molecule has 2 aliphatic rings. The van der Waals surface area contributed by atoms with Crippen LogP contribution in [-0.4, -0.2) is 63.0 Å². The highest BCUT2D eigenvalue weighted by atomic mass is 28.5. The molecule has 3 N–H and O–H groups in total. The van der Waals surface area contributed by atoms with E-state index in [2.05, 4.69) is 65.7 Å². The number of pyridine rings is 1. The molecule has 214 valence electrons. The van der Waals surface area contributed by atoms with E-state index in [1.165, 1.54) is 6.92 Å². The molecule has 3 heterocycles. The van der Waals surface area contributed by atoms with Crippen LogP contribution in [0, 0.1) is 10.1 Å². The summed E-state index contributed by atoms with van der Waals surface area (Å²) in [7, 11) is -5.90. The summed E-state index contributed by atoms with van der Waals surface area (Å²) in [6.07, 6.45) is -4.10. The number of ether oxygens (including phenoxy) is 1. The molecule has 1 amide bonds. The summed E-state index contributed by atoms with van der Waals surface area (Å²) >= 11 is 0. The third-order valence-corrected chi connectivity index (χ3v) is 17.8. The first-order valence-corrected chi connectivity index (χ1v) is 17.1. The minimum absolute atomic E-state index is 0.0157. The summed E-state index contributed by atoms with van der Waals surface area (Å²) in [5.41, 5.74) is -1.12. The van der Waals surface area contributed by atoms with Crippen LogP contribution in [0.2, 0.25) is 22.2 Å². The maximum absolute atomic E-state index is 13.0. The highest BCUT2D eigenvalue weighted by Crippen LogP contribution is 2.48. The second kappa shape index (κ2) is 11.3.